The van der Waals surface area contributed by atoms with Crippen molar-refractivity contribution in [1.29, 1.82) is 0 Å². The summed E-state index contributed by atoms with van der Waals surface area (Å²) >= 11 is 1.50. The Bertz CT molecular complexity index is 1260. The van der Waals surface area contributed by atoms with Crippen molar-refractivity contribution in [3.63, 3.8) is 0 Å². The predicted molar refractivity (Wildman–Crippen MR) is 127 cm³/mol. The number of hydrogen-bond donors (Lipinski definition) is 1. The highest BCUT2D eigenvalue weighted by molar-refractivity contribution is 7.98. The zero-order valence-electron chi connectivity index (χ0n) is 18.2. The highest BCUT2D eigenvalue weighted by Crippen LogP contribution is 2.26. The van der Waals surface area contributed by atoms with Gasteiger partial charge in [0.05, 0.1) is 16.7 Å². The molecular formula is C23H26N6OS. The second kappa shape index (κ2) is 8.93. The van der Waals surface area contributed by atoms with Gasteiger partial charge in [-0.3, -0.25) is 4.79 Å². The molecule has 0 amide bonds. The lowest BCUT2D eigenvalue weighted by molar-refractivity contribution is 0.792. The Hall–Kier alpha value is -3.13. The SMILES string of the molecule is CCN(CC)c1ccc(-c2nnc(SCc3nc4c(C)cccc4c(=O)[nH]3)n2C)cc1. The van der Waals surface area contributed by atoms with E-state index in [1.807, 2.05) is 30.7 Å². The summed E-state index contributed by atoms with van der Waals surface area (Å²) in [5.74, 6) is 1.95. The molecule has 7 nitrogen and oxygen atoms in total. The van der Waals surface area contributed by atoms with Crippen LogP contribution in [0.15, 0.2) is 52.4 Å². The topological polar surface area (TPSA) is 79.7 Å². The number of para-hydroxylation sites is 1. The van der Waals surface area contributed by atoms with E-state index in [-0.39, 0.29) is 5.56 Å². The third kappa shape index (κ3) is 4.20. The minimum atomic E-state index is -0.115. The number of rotatable bonds is 7. The number of aryl methyl sites for hydroxylation is 1. The second-order valence-corrected chi connectivity index (χ2v) is 8.30. The Balaban J connectivity index is 1.54. The Morgan fingerprint density at radius 3 is 2.52 bits per heavy atom. The summed E-state index contributed by atoms with van der Waals surface area (Å²) in [5, 5.41) is 10.1. The maximum absolute atomic E-state index is 12.4. The van der Waals surface area contributed by atoms with Crippen LogP contribution in [0.2, 0.25) is 0 Å². The molecule has 0 aliphatic heterocycles. The first-order valence-corrected chi connectivity index (χ1v) is 11.4. The van der Waals surface area contributed by atoms with Gasteiger partial charge >= 0.3 is 0 Å². The average Bonchev–Trinajstić information content (AvgIpc) is 3.15. The summed E-state index contributed by atoms with van der Waals surface area (Å²) in [6.45, 7) is 8.23. The monoisotopic (exact) mass is 434 g/mol. The third-order valence-corrected chi connectivity index (χ3v) is 6.45. The zero-order valence-corrected chi connectivity index (χ0v) is 19.0. The fraction of sp³-hybridized carbons (Fsp3) is 0.304. The van der Waals surface area contributed by atoms with E-state index in [9.17, 15) is 4.79 Å². The molecule has 0 unspecified atom stereocenters. The number of thioether (sulfide) groups is 1. The number of nitrogens with one attached hydrogen (secondary N) is 1. The summed E-state index contributed by atoms with van der Waals surface area (Å²) < 4.78 is 1.97. The lowest BCUT2D eigenvalue weighted by Gasteiger charge is -2.21. The molecule has 1 N–H and O–H groups in total. The maximum atomic E-state index is 12.4. The van der Waals surface area contributed by atoms with E-state index in [0.717, 1.165) is 40.7 Å². The summed E-state index contributed by atoms with van der Waals surface area (Å²) in [5.41, 5.74) is 3.84. The Morgan fingerprint density at radius 1 is 1.06 bits per heavy atom. The number of hydrogen-bond acceptors (Lipinski definition) is 6. The molecule has 31 heavy (non-hydrogen) atoms. The van der Waals surface area contributed by atoms with Gasteiger partial charge in [0.2, 0.25) is 0 Å². The molecule has 0 atom stereocenters. The van der Waals surface area contributed by atoms with Gasteiger partial charge in [-0.1, -0.05) is 23.9 Å². The van der Waals surface area contributed by atoms with E-state index < -0.39 is 0 Å². The van der Waals surface area contributed by atoms with Crippen molar-refractivity contribution >= 4 is 28.4 Å². The van der Waals surface area contributed by atoms with E-state index in [0.29, 0.717) is 17.0 Å². The van der Waals surface area contributed by atoms with Crippen LogP contribution in [0, 0.1) is 6.92 Å². The Labute approximate surface area is 185 Å². The molecule has 0 saturated carbocycles. The minimum absolute atomic E-state index is 0.115. The molecule has 4 rings (SSSR count). The van der Waals surface area contributed by atoms with E-state index in [1.54, 1.807) is 6.07 Å². The second-order valence-electron chi connectivity index (χ2n) is 7.36. The first-order chi connectivity index (χ1) is 15.0. The van der Waals surface area contributed by atoms with Crippen molar-refractivity contribution in [2.24, 2.45) is 7.05 Å². The van der Waals surface area contributed by atoms with Gasteiger partial charge in [-0.15, -0.1) is 10.2 Å². The summed E-state index contributed by atoms with van der Waals surface area (Å²) in [6.07, 6.45) is 0. The molecule has 0 radical (unpaired) electrons. The predicted octanol–water partition coefficient (Wildman–Crippen LogP) is 4.17. The van der Waals surface area contributed by atoms with Crippen LogP contribution in [-0.4, -0.2) is 37.8 Å². The van der Waals surface area contributed by atoms with Gasteiger partial charge < -0.3 is 14.5 Å². The Morgan fingerprint density at radius 2 is 1.81 bits per heavy atom. The highest BCUT2D eigenvalue weighted by atomic mass is 32.2. The van der Waals surface area contributed by atoms with Gasteiger partial charge in [-0.2, -0.15) is 0 Å². The lowest BCUT2D eigenvalue weighted by atomic mass is 10.1. The normalized spacial score (nSPS) is 11.2. The molecule has 8 heteroatoms. The number of aromatic nitrogens is 5. The third-order valence-electron chi connectivity index (χ3n) is 5.41. The molecule has 0 bridgehead atoms. The van der Waals surface area contributed by atoms with Gasteiger partial charge in [0.1, 0.15) is 5.82 Å². The van der Waals surface area contributed by atoms with Crippen LogP contribution in [0.1, 0.15) is 25.2 Å². The molecule has 160 valence electrons. The summed E-state index contributed by atoms with van der Waals surface area (Å²) in [4.78, 5) is 22.2. The zero-order chi connectivity index (χ0) is 22.0. The van der Waals surface area contributed by atoms with Crippen molar-refractivity contribution in [3.05, 3.63) is 64.2 Å². The van der Waals surface area contributed by atoms with E-state index >= 15 is 0 Å². The fourth-order valence-electron chi connectivity index (χ4n) is 3.66. The quantitative estimate of drug-likeness (QED) is 0.440. The van der Waals surface area contributed by atoms with Crippen molar-refractivity contribution in [2.75, 3.05) is 18.0 Å². The Kier molecular flexibility index (Phi) is 6.08. The van der Waals surface area contributed by atoms with E-state index in [2.05, 4.69) is 63.2 Å². The average molecular weight is 435 g/mol. The molecule has 0 fully saturated rings. The van der Waals surface area contributed by atoms with Crippen molar-refractivity contribution in [1.82, 2.24) is 24.7 Å². The first-order valence-electron chi connectivity index (χ1n) is 10.4. The van der Waals surface area contributed by atoms with Crippen LogP contribution in [0.3, 0.4) is 0 Å². The van der Waals surface area contributed by atoms with Crippen molar-refractivity contribution in [3.8, 4) is 11.4 Å². The largest absolute Gasteiger partial charge is 0.372 e. The van der Waals surface area contributed by atoms with E-state index in [4.69, 9.17) is 0 Å². The molecule has 2 heterocycles. The van der Waals surface area contributed by atoms with Gasteiger partial charge in [-0.05, 0) is 56.7 Å². The molecular weight excluding hydrogens is 408 g/mol. The fourth-order valence-corrected chi connectivity index (χ4v) is 4.44. The number of aromatic amines is 1. The molecule has 0 spiro atoms. The minimum Gasteiger partial charge on any atom is -0.372 e. The van der Waals surface area contributed by atoms with Gasteiger partial charge in [0, 0.05) is 31.4 Å². The van der Waals surface area contributed by atoms with E-state index in [1.165, 1.54) is 17.4 Å². The summed E-state index contributed by atoms with van der Waals surface area (Å²) in [7, 11) is 1.96. The molecule has 0 aliphatic carbocycles. The van der Waals surface area contributed by atoms with Gasteiger partial charge in [0.25, 0.3) is 5.56 Å². The van der Waals surface area contributed by atoms with Crippen molar-refractivity contribution in [2.45, 2.75) is 31.7 Å². The number of H-pyrrole nitrogens is 1. The standard InChI is InChI=1S/C23H26N6OS/c1-5-29(6-2)17-12-10-16(11-13-17)21-26-27-23(28(21)4)31-14-19-24-20-15(3)8-7-9-18(20)22(30)25-19/h7-13H,5-6,14H2,1-4H3,(H,24,25,30). The molecule has 0 aliphatic rings. The number of fused-ring (bicyclic) bond motifs is 1. The highest BCUT2D eigenvalue weighted by Gasteiger charge is 2.13. The van der Waals surface area contributed by atoms with Crippen molar-refractivity contribution < 1.29 is 0 Å². The smallest absolute Gasteiger partial charge is 0.258 e. The summed E-state index contributed by atoms with van der Waals surface area (Å²) in [6, 6.07) is 14.0. The molecule has 0 saturated heterocycles. The van der Waals surface area contributed by atoms with Crippen LogP contribution in [-0.2, 0) is 12.8 Å². The number of anilines is 1. The maximum Gasteiger partial charge on any atom is 0.258 e. The molecule has 2 aromatic heterocycles. The van der Waals surface area contributed by atoms with Crippen LogP contribution in [0.4, 0.5) is 5.69 Å². The first kappa shape index (κ1) is 21.1. The number of benzene rings is 2. The van der Waals surface area contributed by atoms with Crippen LogP contribution in [0.5, 0.6) is 0 Å². The molecule has 4 aromatic rings. The number of nitrogens with zero attached hydrogens (tertiary/aromatic N) is 5. The van der Waals surface area contributed by atoms with Crippen LogP contribution >= 0.6 is 11.8 Å². The lowest BCUT2D eigenvalue weighted by Crippen LogP contribution is -2.21. The molecule has 2 aromatic carbocycles. The van der Waals surface area contributed by atoms with Gasteiger partial charge in [0.15, 0.2) is 11.0 Å². The van der Waals surface area contributed by atoms with Crippen LogP contribution < -0.4 is 10.5 Å². The van der Waals surface area contributed by atoms with Crippen LogP contribution in [0.25, 0.3) is 22.3 Å². The van der Waals surface area contributed by atoms with Gasteiger partial charge in [-0.25, -0.2) is 4.98 Å².